The molecule has 0 aromatic carbocycles. The lowest BCUT2D eigenvalue weighted by Crippen LogP contribution is -2.42. The quantitative estimate of drug-likeness (QED) is 0.804. The van der Waals surface area contributed by atoms with E-state index in [2.05, 4.69) is 5.32 Å². The molecule has 1 saturated carbocycles. The van der Waals surface area contributed by atoms with E-state index in [-0.39, 0.29) is 17.7 Å². The minimum Gasteiger partial charge on any atom is -0.444 e. The Bertz CT molecular complexity index is 389. The van der Waals surface area contributed by atoms with Crippen molar-refractivity contribution >= 4 is 11.9 Å². The lowest BCUT2D eigenvalue weighted by Gasteiger charge is -2.29. The molecule has 2 atom stereocenters. The van der Waals surface area contributed by atoms with E-state index in [0.29, 0.717) is 6.42 Å². The summed E-state index contributed by atoms with van der Waals surface area (Å²) in [5.74, 6) is 0.208. The van der Waals surface area contributed by atoms with Crippen LogP contribution in [0.1, 0.15) is 60.3 Å². The highest BCUT2D eigenvalue weighted by atomic mass is 16.6. The third kappa shape index (κ3) is 6.22. The van der Waals surface area contributed by atoms with Crippen LogP contribution in [0.3, 0.4) is 0 Å². The van der Waals surface area contributed by atoms with Crippen LogP contribution < -0.4 is 5.32 Å². The van der Waals surface area contributed by atoms with Crippen molar-refractivity contribution in [2.75, 3.05) is 0 Å². The number of carbonyl (C=O) groups is 2. The first-order chi connectivity index (χ1) is 9.17. The molecule has 1 unspecified atom stereocenters. The molecule has 4 heteroatoms. The van der Waals surface area contributed by atoms with E-state index in [9.17, 15) is 9.59 Å². The summed E-state index contributed by atoms with van der Waals surface area (Å²) in [7, 11) is 0. The van der Waals surface area contributed by atoms with Gasteiger partial charge in [-0.15, -0.1) is 0 Å². The maximum absolute atomic E-state index is 12.0. The molecular weight excluding hydrogens is 254 g/mol. The molecule has 0 radical (unpaired) electrons. The van der Waals surface area contributed by atoms with Crippen molar-refractivity contribution in [3.8, 4) is 0 Å². The van der Waals surface area contributed by atoms with Gasteiger partial charge in [0.15, 0.2) is 5.78 Å². The molecule has 1 aliphatic carbocycles. The molecule has 0 saturated heterocycles. The number of allylic oxidation sites excluding steroid dienone is 2. The molecule has 0 aliphatic heterocycles. The monoisotopic (exact) mass is 281 g/mol. The van der Waals surface area contributed by atoms with Gasteiger partial charge >= 0.3 is 6.09 Å². The van der Waals surface area contributed by atoms with E-state index in [0.717, 1.165) is 24.8 Å². The first-order valence-corrected chi connectivity index (χ1v) is 7.35. The Morgan fingerprint density at radius 1 is 1.20 bits per heavy atom. The summed E-state index contributed by atoms with van der Waals surface area (Å²) < 4.78 is 5.25. The molecule has 114 valence electrons. The molecule has 0 aromatic heterocycles. The molecule has 1 aliphatic rings. The van der Waals surface area contributed by atoms with Crippen molar-refractivity contribution < 1.29 is 14.3 Å². The number of nitrogens with one attached hydrogen (secondary N) is 1. The molecule has 0 bridgehead atoms. The Hall–Kier alpha value is -1.32. The zero-order chi connectivity index (χ0) is 15.3. The molecule has 20 heavy (non-hydrogen) atoms. The summed E-state index contributed by atoms with van der Waals surface area (Å²) in [5, 5.41) is 2.88. The zero-order valence-electron chi connectivity index (χ0n) is 13.3. The lowest BCUT2D eigenvalue weighted by molar-refractivity contribution is -0.119. The topological polar surface area (TPSA) is 55.4 Å². The first kappa shape index (κ1) is 16.7. The Kier molecular flexibility index (Phi) is 5.78. The third-order valence-electron chi connectivity index (χ3n) is 3.23. The van der Waals surface area contributed by atoms with Crippen molar-refractivity contribution in [2.24, 2.45) is 5.92 Å². The van der Waals surface area contributed by atoms with Gasteiger partial charge in [-0.2, -0.15) is 0 Å². The molecular formula is C16H27NO3. The molecule has 1 rings (SSSR count). The van der Waals surface area contributed by atoms with Gasteiger partial charge < -0.3 is 10.1 Å². The molecule has 1 fully saturated rings. The van der Waals surface area contributed by atoms with Gasteiger partial charge in [-0.1, -0.05) is 12.0 Å². The number of hydrogen-bond donors (Lipinski definition) is 1. The van der Waals surface area contributed by atoms with Crippen LogP contribution in [0.2, 0.25) is 0 Å². The van der Waals surface area contributed by atoms with Crippen LogP contribution in [0.5, 0.6) is 0 Å². The number of hydrogen-bond acceptors (Lipinski definition) is 3. The Balaban J connectivity index is 2.51. The predicted octanol–water partition coefficient (Wildman–Crippen LogP) is 3.61. The summed E-state index contributed by atoms with van der Waals surface area (Å²) in [6.45, 7) is 9.38. The van der Waals surface area contributed by atoms with Gasteiger partial charge in [-0.25, -0.2) is 4.79 Å². The molecule has 0 spiro atoms. The first-order valence-electron chi connectivity index (χ1n) is 7.35. The lowest BCUT2D eigenvalue weighted by atomic mass is 9.83. The maximum atomic E-state index is 12.0. The van der Waals surface area contributed by atoms with Crippen LogP contribution in [0.15, 0.2) is 11.6 Å². The Morgan fingerprint density at radius 2 is 1.85 bits per heavy atom. The third-order valence-corrected chi connectivity index (χ3v) is 3.23. The van der Waals surface area contributed by atoms with E-state index in [1.165, 1.54) is 0 Å². The minimum absolute atomic E-state index is 0.0265. The summed E-state index contributed by atoms with van der Waals surface area (Å²) in [4.78, 5) is 23.8. The number of amides is 1. The van der Waals surface area contributed by atoms with Gasteiger partial charge in [0.25, 0.3) is 0 Å². The van der Waals surface area contributed by atoms with Gasteiger partial charge in [0.2, 0.25) is 0 Å². The normalized spacial score (nSPS) is 22.9. The smallest absolute Gasteiger partial charge is 0.407 e. The number of rotatable bonds is 3. The van der Waals surface area contributed by atoms with E-state index in [1.54, 1.807) is 6.08 Å². The highest BCUT2D eigenvalue weighted by molar-refractivity contribution is 5.92. The second-order valence-corrected chi connectivity index (χ2v) is 6.83. The van der Waals surface area contributed by atoms with Gasteiger partial charge in [0, 0.05) is 12.0 Å². The largest absolute Gasteiger partial charge is 0.444 e. The van der Waals surface area contributed by atoms with Gasteiger partial charge in [0.05, 0.1) is 0 Å². The van der Waals surface area contributed by atoms with Crippen molar-refractivity contribution in [3.63, 3.8) is 0 Å². The van der Waals surface area contributed by atoms with E-state index < -0.39 is 11.7 Å². The van der Waals surface area contributed by atoms with Crippen LogP contribution in [-0.2, 0) is 9.53 Å². The molecule has 0 heterocycles. The summed E-state index contributed by atoms with van der Waals surface area (Å²) in [6, 6.07) is 0.0399. The molecule has 1 N–H and O–H groups in total. The zero-order valence-corrected chi connectivity index (χ0v) is 13.3. The molecule has 1 amide bonds. The fraction of sp³-hybridized carbons (Fsp3) is 0.750. The molecule has 4 nitrogen and oxygen atoms in total. The number of carbonyl (C=O) groups excluding carboxylic acids is 2. The fourth-order valence-electron chi connectivity index (χ4n) is 2.46. The minimum atomic E-state index is -0.490. The van der Waals surface area contributed by atoms with E-state index in [1.807, 2.05) is 34.6 Å². The van der Waals surface area contributed by atoms with Crippen molar-refractivity contribution in [3.05, 3.63) is 11.6 Å². The fourth-order valence-corrected chi connectivity index (χ4v) is 2.46. The van der Waals surface area contributed by atoms with Gasteiger partial charge in [-0.05, 0) is 60.0 Å². The van der Waals surface area contributed by atoms with Crippen LogP contribution in [0, 0.1) is 5.92 Å². The average Bonchev–Trinajstić information content (AvgIpc) is 2.25. The molecule has 0 aromatic rings. The number of ether oxygens (including phenoxy) is 1. The SMILES string of the molecule is CC(C)=CC(=O)[C@H]1CCCC(NC(=O)OC(C)(C)C)C1. The maximum Gasteiger partial charge on any atom is 0.407 e. The predicted molar refractivity (Wildman–Crippen MR) is 79.6 cm³/mol. The summed E-state index contributed by atoms with van der Waals surface area (Å²) in [6.07, 6.45) is 4.82. The second-order valence-electron chi connectivity index (χ2n) is 6.83. The second kappa shape index (κ2) is 6.91. The summed E-state index contributed by atoms with van der Waals surface area (Å²) >= 11 is 0. The van der Waals surface area contributed by atoms with Crippen molar-refractivity contribution in [2.45, 2.75) is 71.9 Å². The number of alkyl carbamates (subject to hydrolysis) is 1. The van der Waals surface area contributed by atoms with E-state index in [4.69, 9.17) is 4.74 Å². The van der Waals surface area contributed by atoms with Crippen molar-refractivity contribution in [1.82, 2.24) is 5.32 Å². The Labute approximate surface area is 122 Å². The average molecular weight is 281 g/mol. The van der Waals surface area contributed by atoms with Crippen LogP contribution in [0.25, 0.3) is 0 Å². The highest BCUT2D eigenvalue weighted by Crippen LogP contribution is 2.26. The van der Waals surface area contributed by atoms with Gasteiger partial charge in [-0.3, -0.25) is 4.79 Å². The van der Waals surface area contributed by atoms with Crippen molar-refractivity contribution in [1.29, 1.82) is 0 Å². The Morgan fingerprint density at radius 3 is 2.40 bits per heavy atom. The summed E-state index contributed by atoms with van der Waals surface area (Å²) in [5.41, 5.74) is 0.535. The van der Waals surface area contributed by atoms with Crippen LogP contribution in [-0.4, -0.2) is 23.5 Å². The highest BCUT2D eigenvalue weighted by Gasteiger charge is 2.28. The van der Waals surface area contributed by atoms with Crippen LogP contribution >= 0.6 is 0 Å². The van der Waals surface area contributed by atoms with Gasteiger partial charge in [0.1, 0.15) is 5.60 Å². The van der Waals surface area contributed by atoms with E-state index >= 15 is 0 Å². The standard InChI is InChI=1S/C16H27NO3/c1-11(2)9-14(18)12-7-6-8-13(10-12)17-15(19)20-16(3,4)5/h9,12-13H,6-8,10H2,1-5H3,(H,17,19)/t12-,13?/m0/s1. The number of ketones is 1. The van der Waals surface area contributed by atoms with Crippen LogP contribution in [0.4, 0.5) is 4.79 Å².